The molecule has 132 valence electrons. The molecule has 7 heteroatoms. The average Bonchev–Trinajstić information content (AvgIpc) is 2.59. The first-order valence-electron chi connectivity index (χ1n) is 7.60. The maximum Gasteiger partial charge on any atom is 0.265 e. The highest BCUT2D eigenvalue weighted by Crippen LogP contribution is 2.48. The number of fused-ring (bicyclic) bond motifs is 2. The summed E-state index contributed by atoms with van der Waals surface area (Å²) in [5, 5.41) is 2.85. The van der Waals surface area contributed by atoms with Crippen molar-refractivity contribution in [3.8, 4) is 17.2 Å². The number of benzene rings is 3. The minimum Gasteiger partial charge on any atom is -0.495 e. The number of rotatable bonds is 5. The van der Waals surface area contributed by atoms with Gasteiger partial charge in [0.2, 0.25) is 0 Å². The lowest BCUT2D eigenvalue weighted by atomic mass is 9.99. The quantitative estimate of drug-likeness (QED) is 0.486. The largest absolute Gasteiger partial charge is 0.495 e. The predicted molar refractivity (Wildman–Crippen MR) is 98.8 cm³/mol. The van der Waals surface area contributed by atoms with Crippen LogP contribution in [-0.2, 0) is 9.05 Å². The van der Waals surface area contributed by atoms with Crippen molar-refractivity contribution >= 4 is 41.3 Å². The van der Waals surface area contributed by atoms with E-state index in [1.165, 1.54) is 13.2 Å². The molecule has 3 aromatic carbocycles. The second-order valence-corrected chi connectivity index (χ2v) is 7.83. The summed E-state index contributed by atoms with van der Waals surface area (Å²) in [4.78, 5) is -0.0980. The van der Waals surface area contributed by atoms with E-state index in [4.69, 9.17) is 24.9 Å². The second-order valence-electron chi connectivity index (χ2n) is 5.30. The van der Waals surface area contributed by atoms with Gasteiger partial charge < -0.3 is 14.2 Å². The normalized spacial score (nSPS) is 11.7. The van der Waals surface area contributed by atoms with Crippen LogP contribution in [0.1, 0.15) is 6.92 Å². The number of hydrogen-bond acceptors (Lipinski definition) is 5. The van der Waals surface area contributed by atoms with E-state index in [0.717, 1.165) is 10.8 Å². The van der Waals surface area contributed by atoms with Crippen molar-refractivity contribution in [1.29, 1.82) is 0 Å². The molecule has 25 heavy (non-hydrogen) atoms. The fourth-order valence-electron chi connectivity index (χ4n) is 3.05. The van der Waals surface area contributed by atoms with E-state index in [9.17, 15) is 8.42 Å². The fraction of sp³-hybridized carbons (Fsp3) is 0.222. The summed E-state index contributed by atoms with van der Waals surface area (Å²) in [7, 11) is 4.72. The first kappa shape index (κ1) is 17.6. The van der Waals surface area contributed by atoms with Gasteiger partial charge in [-0.2, -0.15) is 0 Å². The standard InChI is InChI=1S/C18H17ClO5S/c1-4-24-18-14(25(19,20)21)10-9-13-15(18)17(23-3)12-8-6-5-7-11(12)16(13)22-2/h5-10H,4H2,1-3H3. The molecule has 5 nitrogen and oxygen atoms in total. The molecular formula is C18H17ClO5S. The van der Waals surface area contributed by atoms with E-state index in [1.54, 1.807) is 20.1 Å². The minimum absolute atomic E-state index is 0.0980. The Kier molecular flexibility index (Phi) is 4.67. The van der Waals surface area contributed by atoms with Crippen LogP contribution in [0.4, 0.5) is 0 Å². The Morgan fingerprint density at radius 1 is 0.880 bits per heavy atom. The molecule has 0 fully saturated rings. The monoisotopic (exact) mass is 380 g/mol. The van der Waals surface area contributed by atoms with Gasteiger partial charge in [0.1, 0.15) is 16.4 Å². The number of halogens is 1. The molecule has 0 aromatic heterocycles. The van der Waals surface area contributed by atoms with Crippen LogP contribution in [0, 0.1) is 0 Å². The Balaban J connectivity index is 2.63. The third-order valence-corrected chi connectivity index (χ3v) is 5.31. The Hall–Kier alpha value is -2.18. The molecule has 0 spiro atoms. The SMILES string of the molecule is CCOc1c(S(=O)(=O)Cl)ccc2c(OC)c3ccccc3c(OC)c12. The summed E-state index contributed by atoms with van der Waals surface area (Å²) in [6, 6.07) is 10.7. The van der Waals surface area contributed by atoms with Gasteiger partial charge in [0, 0.05) is 26.8 Å². The molecule has 0 N–H and O–H groups in total. The van der Waals surface area contributed by atoms with Gasteiger partial charge in [-0.25, -0.2) is 8.42 Å². The van der Waals surface area contributed by atoms with Gasteiger partial charge in [0.05, 0.1) is 26.2 Å². The second kappa shape index (κ2) is 6.61. The summed E-state index contributed by atoms with van der Waals surface area (Å²) < 4.78 is 40.9. The average molecular weight is 381 g/mol. The van der Waals surface area contributed by atoms with Crippen LogP contribution in [-0.4, -0.2) is 29.2 Å². The number of hydrogen-bond donors (Lipinski definition) is 0. The van der Waals surface area contributed by atoms with E-state index < -0.39 is 9.05 Å². The highest BCUT2D eigenvalue weighted by atomic mass is 35.7. The van der Waals surface area contributed by atoms with E-state index in [1.807, 2.05) is 24.3 Å². The zero-order chi connectivity index (χ0) is 18.2. The molecule has 0 aliphatic rings. The first-order chi connectivity index (χ1) is 11.9. The molecule has 3 rings (SSSR count). The molecule has 3 aromatic rings. The zero-order valence-electron chi connectivity index (χ0n) is 14.0. The summed E-state index contributed by atoms with van der Waals surface area (Å²) in [6.45, 7) is 2.05. The predicted octanol–water partition coefficient (Wildman–Crippen LogP) is 4.34. The van der Waals surface area contributed by atoms with Gasteiger partial charge in [0.15, 0.2) is 5.75 Å². The van der Waals surface area contributed by atoms with Crippen LogP contribution < -0.4 is 14.2 Å². The van der Waals surface area contributed by atoms with Crippen molar-refractivity contribution in [1.82, 2.24) is 0 Å². The van der Waals surface area contributed by atoms with Crippen molar-refractivity contribution in [3.63, 3.8) is 0 Å². The van der Waals surface area contributed by atoms with Gasteiger partial charge in [0.25, 0.3) is 9.05 Å². The fourth-order valence-corrected chi connectivity index (χ4v) is 4.03. The van der Waals surface area contributed by atoms with E-state index in [2.05, 4.69) is 0 Å². The van der Waals surface area contributed by atoms with Gasteiger partial charge in [-0.05, 0) is 19.1 Å². The summed E-state index contributed by atoms with van der Waals surface area (Å²) in [5.74, 6) is 1.29. The van der Waals surface area contributed by atoms with E-state index in [-0.39, 0.29) is 17.3 Å². The first-order valence-corrected chi connectivity index (χ1v) is 9.91. The lowest BCUT2D eigenvalue weighted by Gasteiger charge is -2.18. The molecule has 0 amide bonds. The van der Waals surface area contributed by atoms with Crippen molar-refractivity contribution in [2.24, 2.45) is 0 Å². The lowest BCUT2D eigenvalue weighted by molar-refractivity contribution is 0.333. The molecule has 0 atom stereocenters. The van der Waals surface area contributed by atoms with Crippen LogP contribution in [0.5, 0.6) is 17.2 Å². The Labute approximate surface area is 150 Å². The van der Waals surface area contributed by atoms with Gasteiger partial charge in [-0.3, -0.25) is 0 Å². The van der Waals surface area contributed by atoms with Gasteiger partial charge in [-0.15, -0.1) is 0 Å². The van der Waals surface area contributed by atoms with Gasteiger partial charge >= 0.3 is 0 Å². The van der Waals surface area contributed by atoms with Crippen LogP contribution >= 0.6 is 10.7 Å². The molecule has 0 radical (unpaired) electrons. The molecule has 0 aliphatic carbocycles. The molecule has 0 bridgehead atoms. The van der Waals surface area contributed by atoms with Crippen LogP contribution in [0.15, 0.2) is 41.3 Å². The Morgan fingerprint density at radius 2 is 1.48 bits per heavy atom. The van der Waals surface area contributed by atoms with Gasteiger partial charge in [-0.1, -0.05) is 24.3 Å². The van der Waals surface area contributed by atoms with Crippen molar-refractivity contribution < 1.29 is 22.6 Å². The van der Waals surface area contributed by atoms with Crippen LogP contribution in [0.2, 0.25) is 0 Å². The van der Waals surface area contributed by atoms with Crippen molar-refractivity contribution in [2.75, 3.05) is 20.8 Å². The zero-order valence-corrected chi connectivity index (χ0v) is 15.6. The van der Waals surface area contributed by atoms with E-state index in [0.29, 0.717) is 22.3 Å². The topological polar surface area (TPSA) is 61.8 Å². The summed E-state index contributed by atoms with van der Waals surface area (Å²) >= 11 is 0. The maximum absolute atomic E-state index is 12.0. The Morgan fingerprint density at radius 3 is 2.00 bits per heavy atom. The third kappa shape index (κ3) is 2.85. The molecule has 0 saturated carbocycles. The van der Waals surface area contributed by atoms with Crippen molar-refractivity contribution in [2.45, 2.75) is 11.8 Å². The maximum atomic E-state index is 12.0. The molecule has 0 heterocycles. The summed E-state index contributed by atoms with van der Waals surface area (Å²) in [5.41, 5.74) is 0. The highest BCUT2D eigenvalue weighted by Gasteiger charge is 2.25. The highest BCUT2D eigenvalue weighted by molar-refractivity contribution is 8.13. The third-order valence-electron chi connectivity index (χ3n) is 3.97. The van der Waals surface area contributed by atoms with Crippen molar-refractivity contribution in [3.05, 3.63) is 36.4 Å². The molecule has 0 unspecified atom stereocenters. The van der Waals surface area contributed by atoms with Crippen LogP contribution in [0.3, 0.4) is 0 Å². The smallest absolute Gasteiger partial charge is 0.265 e. The minimum atomic E-state index is -3.99. The molecule has 0 aliphatic heterocycles. The van der Waals surface area contributed by atoms with Crippen LogP contribution in [0.25, 0.3) is 21.5 Å². The summed E-state index contributed by atoms with van der Waals surface area (Å²) in [6.07, 6.45) is 0. The lowest BCUT2D eigenvalue weighted by Crippen LogP contribution is -2.02. The number of methoxy groups -OCH3 is 2. The van der Waals surface area contributed by atoms with E-state index >= 15 is 0 Å². The molecule has 0 saturated heterocycles. The molecular weight excluding hydrogens is 364 g/mol. The Bertz CT molecular complexity index is 1060. The number of ether oxygens (including phenoxy) is 3.